The Balaban J connectivity index is 2.35. The highest BCUT2D eigenvalue weighted by Gasteiger charge is 1.96. The number of hydrogen-bond acceptors (Lipinski definition) is 2. The molecular weight excluding hydrogens is 198 g/mol. The molecule has 0 unspecified atom stereocenters. The molecule has 0 aliphatic rings. The van der Waals surface area contributed by atoms with Crippen molar-refractivity contribution in [3.8, 4) is 5.75 Å². The van der Waals surface area contributed by atoms with Gasteiger partial charge in [0.25, 0.3) is 0 Å². The number of benzene rings is 1. The zero-order valence-corrected chi connectivity index (χ0v) is 10.5. The number of hydrogen-bond donors (Lipinski definition) is 1. The normalized spacial score (nSPS) is 10.4. The molecule has 0 aliphatic carbocycles. The van der Waals surface area contributed by atoms with Crippen LogP contribution < -0.4 is 10.1 Å². The van der Waals surface area contributed by atoms with E-state index in [0.29, 0.717) is 0 Å². The van der Waals surface area contributed by atoms with E-state index in [1.165, 1.54) is 18.4 Å². The van der Waals surface area contributed by atoms with Crippen molar-refractivity contribution in [2.24, 2.45) is 0 Å². The van der Waals surface area contributed by atoms with Crippen LogP contribution in [0.5, 0.6) is 5.75 Å². The molecule has 1 aromatic rings. The molecule has 0 spiro atoms. The summed E-state index contributed by atoms with van der Waals surface area (Å²) >= 11 is 0. The van der Waals surface area contributed by atoms with Gasteiger partial charge in [0.2, 0.25) is 0 Å². The van der Waals surface area contributed by atoms with Crippen LogP contribution in [0.3, 0.4) is 0 Å². The highest BCUT2D eigenvalue weighted by Crippen LogP contribution is 2.13. The maximum Gasteiger partial charge on any atom is 0.119 e. The molecule has 1 N–H and O–H groups in total. The van der Waals surface area contributed by atoms with Crippen molar-refractivity contribution in [2.75, 3.05) is 13.2 Å². The maximum absolute atomic E-state index is 5.60. The average molecular weight is 221 g/mol. The number of ether oxygens (including phenoxy) is 1. The van der Waals surface area contributed by atoms with Gasteiger partial charge in [0.1, 0.15) is 5.75 Å². The van der Waals surface area contributed by atoms with Crippen LogP contribution in [0.4, 0.5) is 0 Å². The van der Waals surface area contributed by atoms with E-state index >= 15 is 0 Å². The molecule has 0 aromatic heterocycles. The summed E-state index contributed by atoms with van der Waals surface area (Å²) in [4.78, 5) is 0. The molecule has 0 aliphatic heterocycles. The Hall–Kier alpha value is -1.02. The Labute approximate surface area is 99.0 Å². The van der Waals surface area contributed by atoms with Gasteiger partial charge in [-0.1, -0.05) is 32.4 Å². The van der Waals surface area contributed by atoms with E-state index in [4.69, 9.17) is 4.74 Å². The molecule has 0 bridgehead atoms. The fourth-order valence-corrected chi connectivity index (χ4v) is 1.50. The topological polar surface area (TPSA) is 21.3 Å². The van der Waals surface area contributed by atoms with Gasteiger partial charge in [-0.25, -0.2) is 0 Å². The standard InChI is InChI=1S/C14H23NO/c1-3-5-9-15-12-13-7-6-8-14(11-13)16-10-4-2/h6-8,11,15H,3-5,9-10,12H2,1-2H3. The average Bonchev–Trinajstić information content (AvgIpc) is 2.33. The summed E-state index contributed by atoms with van der Waals surface area (Å²) in [5.74, 6) is 0.983. The first kappa shape index (κ1) is 13.0. The van der Waals surface area contributed by atoms with Crippen LogP contribution >= 0.6 is 0 Å². The summed E-state index contributed by atoms with van der Waals surface area (Å²) in [6.45, 7) is 7.16. The van der Waals surface area contributed by atoms with Gasteiger partial charge in [-0.05, 0) is 37.1 Å². The minimum atomic E-state index is 0.798. The summed E-state index contributed by atoms with van der Waals surface area (Å²) in [5.41, 5.74) is 1.30. The summed E-state index contributed by atoms with van der Waals surface area (Å²) in [5, 5.41) is 3.43. The van der Waals surface area contributed by atoms with E-state index in [2.05, 4.69) is 37.4 Å². The summed E-state index contributed by atoms with van der Waals surface area (Å²) in [7, 11) is 0. The second kappa shape index (κ2) is 8.17. The minimum absolute atomic E-state index is 0.798. The van der Waals surface area contributed by atoms with Crippen LogP contribution in [-0.4, -0.2) is 13.2 Å². The second-order valence-electron chi connectivity index (χ2n) is 4.03. The lowest BCUT2D eigenvalue weighted by Gasteiger charge is -2.07. The van der Waals surface area contributed by atoms with Crippen LogP contribution in [-0.2, 0) is 6.54 Å². The fraction of sp³-hybridized carbons (Fsp3) is 0.571. The number of rotatable bonds is 8. The van der Waals surface area contributed by atoms with Crippen LogP contribution in [0.25, 0.3) is 0 Å². The van der Waals surface area contributed by atoms with Gasteiger partial charge in [-0.3, -0.25) is 0 Å². The van der Waals surface area contributed by atoms with Crippen LogP contribution in [0.1, 0.15) is 38.7 Å². The Morgan fingerprint density at radius 2 is 2.06 bits per heavy atom. The van der Waals surface area contributed by atoms with Gasteiger partial charge in [0.15, 0.2) is 0 Å². The van der Waals surface area contributed by atoms with E-state index in [-0.39, 0.29) is 0 Å². The SMILES string of the molecule is CCCCNCc1cccc(OCCC)c1. The molecule has 0 amide bonds. The van der Waals surface area contributed by atoms with Gasteiger partial charge in [0.05, 0.1) is 6.61 Å². The van der Waals surface area contributed by atoms with Crippen molar-refractivity contribution in [3.05, 3.63) is 29.8 Å². The molecule has 0 saturated heterocycles. The number of unbranched alkanes of at least 4 members (excludes halogenated alkanes) is 1. The van der Waals surface area contributed by atoms with Crippen molar-refractivity contribution in [2.45, 2.75) is 39.7 Å². The molecule has 16 heavy (non-hydrogen) atoms. The summed E-state index contributed by atoms with van der Waals surface area (Å²) in [6.07, 6.45) is 3.54. The van der Waals surface area contributed by atoms with Crippen molar-refractivity contribution < 1.29 is 4.74 Å². The lowest BCUT2D eigenvalue weighted by Crippen LogP contribution is -2.14. The van der Waals surface area contributed by atoms with Gasteiger partial charge in [-0.2, -0.15) is 0 Å². The largest absolute Gasteiger partial charge is 0.494 e. The molecule has 1 aromatic carbocycles. The van der Waals surface area contributed by atoms with Gasteiger partial charge in [-0.15, -0.1) is 0 Å². The Morgan fingerprint density at radius 3 is 2.81 bits per heavy atom. The molecule has 0 fully saturated rings. The lowest BCUT2D eigenvalue weighted by molar-refractivity contribution is 0.317. The van der Waals surface area contributed by atoms with Crippen LogP contribution in [0.2, 0.25) is 0 Å². The third kappa shape index (κ3) is 5.17. The zero-order valence-electron chi connectivity index (χ0n) is 10.5. The zero-order chi connectivity index (χ0) is 11.6. The first-order valence-electron chi connectivity index (χ1n) is 6.29. The van der Waals surface area contributed by atoms with Crippen LogP contribution in [0, 0.1) is 0 Å². The quantitative estimate of drug-likeness (QED) is 0.680. The molecule has 0 saturated carbocycles. The van der Waals surface area contributed by atoms with E-state index in [1.54, 1.807) is 0 Å². The first-order valence-corrected chi connectivity index (χ1v) is 6.29. The van der Waals surface area contributed by atoms with Crippen molar-refractivity contribution >= 4 is 0 Å². The van der Waals surface area contributed by atoms with Gasteiger partial charge >= 0.3 is 0 Å². The molecule has 90 valence electrons. The van der Waals surface area contributed by atoms with Crippen molar-refractivity contribution in [3.63, 3.8) is 0 Å². The Kier molecular flexibility index (Phi) is 6.66. The second-order valence-corrected chi connectivity index (χ2v) is 4.03. The van der Waals surface area contributed by atoms with Gasteiger partial charge in [0, 0.05) is 6.54 Å². The predicted molar refractivity (Wildman–Crippen MR) is 68.8 cm³/mol. The summed E-state index contributed by atoms with van der Waals surface area (Å²) in [6, 6.07) is 8.33. The molecule has 2 nitrogen and oxygen atoms in total. The molecule has 0 atom stereocenters. The third-order valence-corrected chi connectivity index (χ3v) is 2.41. The molecular formula is C14H23NO. The van der Waals surface area contributed by atoms with E-state index in [0.717, 1.165) is 31.9 Å². The van der Waals surface area contributed by atoms with Crippen molar-refractivity contribution in [1.29, 1.82) is 0 Å². The smallest absolute Gasteiger partial charge is 0.119 e. The molecule has 0 radical (unpaired) electrons. The first-order chi connectivity index (χ1) is 7.86. The number of nitrogens with one attached hydrogen (secondary N) is 1. The van der Waals surface area contributed by atoms with E-state index in [1.807, 2.05) is 6.07 Å². The van der Waals surface area contributed by atoms with E-state index < -0.39 is 0 Å². The Bertz CT molecular complexity index is 286. The fourth-order valence-electron chi connectivity index (χ4n) is 1.50. The van der Waals surface area contributed by atoms with Crippen LogP contribution in [0.15, 0.2) is 24.3 Å². The monoisotopic (exact) mass is 221 g/mol. The molecule has 2 heteroatoms. The minimum Gasteiger partial charge on any atom is -0.494 e. The van der Waals surface area contributed by atoms with Gasteiger partial charge < -0.3 is 10.1 Å². The summed E-state index contributed by atoms with van der Waals surface area (Å²) < 4.78 is 5.60. The third-order valence-electron chi connectivity index (χ3n) is 2.41. The van der Waals surface area contributed by atoms with Crippen molar-refractivity contribution in [1.82, 2.24) is 5.32 Å². The Morgan fingerprint density at radius 1 is 1.19 bits per heavy atom. The highest BCUT2D eigenvalue weighted by molar-refractivity contribution is 5.28. The molecule has 1 rings (SSSR count). The predicted octanol–water partition coefficient (Wildman–Crippen LogP) is 3.37. The molecule has 0 heterocycles. The maximum atomic E-state index is 5.60. The lowest BCUT2D eigenvalue weighted by atomic mass is 10.2. The van der Waals surface area contributed by atoms with E-state index in [9.17, 15) is 0 Å². The highest BCUT2D eigenvalue weighted by atomic mass is 16.5.